The van der Waals surface area contributed by atoms with Crippen molar-refractivity contribution in [2.24, 2.45) is 5.92 Å². The van der Waals surface area contributed by atoms with Crippen molar-refractivity contribution in [2.45, 2.75) is 33.2 Å². The molecular formula is C12H21N3O3S. The van der Waals surface area contributed by atoms with Crippen LogP contribution in [0.15, 0.2) is 10.6 Å². The number of rotatable bonds is 4. The second kappa shape index (κ2) is 5.60. The fourth-order valence-corrected chi connectivity index (χ4v) is 3.85. The van der Waals surface area contributed by atoms with Gasteiger partial charge in [-0.05, 0) is 25.7 Å². The molecule has 2 heterocycles. The summed E-state index contributed by atoms with van der Waals surface area (Å²) < 4.78 is 32.7. The molecule has 1 saturated heterocycles. The summed E-state index contributed by atoms with van der Waals surface area (Å²) in [5.41, 5.74) is 0.633. The highest BCUT2D eigenvalue weighted by atomic mass is 32.2. The van der Waals surface area contributed by atoms with Gasteiger partial charge in [0.15, 0.2) is 0 Å². The molecule has 0 spiro atoms. The molecule has 0 aromatic carbocycles. The summed E-state index contributed by atoms with van der Waals surface area (Å²) in [6, 6.07) is 1.75. The molecule has 0 amide bonds. The Morgan fingerprint density at radius 1 is 1.58 bits per heavy atom. The fraction of sp³-hybridized carbons (Fsp3) is 0.750. The van der Waals surface area contributed by atoms with Crippen LogP contribution in [-0.4, -0.2) is 42.3 Å². The molecule has 108 valence electrons. The van der Waals surface area contributed by atoms with E-state index < -0.39 is 10.2 Å². The van der Waals surface area contributed by atoms with Crippen molar-refractivity contribution in [2.75, 3.05) is 20.1 Å². The van der Waals surface area contributed by atoms with Gasteiger partial charge in [-0.2, -0.15) is 17.0 Å². The van der Waals surface area contributed by atoms with Crippen LogP contribution in [-0.2, 0) is 16.8 Å². The van der Waals surface area contributed by atoms with E-state index in [0.29, 0.717) is 30.5 Å². The van der Waals surface area contributed by atoms with Gasteiger partial charge in [-0.25, -0.2) is 0 Å². The first-order valence-electron chi connectivity index (χ1n) is 6.53. The van der Waals surface area contributed by atoms with E-state index in [1.165, 1.54) is 4.31 Å². The lowest BCUT2D eigenvalue weighted by Crippen LogP contribution is -2.46. The molecule has 7 heteroatoms. The molecular weight excluding hydrogens is 266 g/mol. The first-order chi connectivity index (χ1) is 8.89. The molecule has 2 rings (SSSR count). The zero-order valence-corrected chi connectivity index (χ0v) is 12.5. The van der Waals surface area contributed by atoms with E-state index in [0.717, 1.165) is 12.8 Å². The smallest absolute Gasteiger partial charge is 0.282 e. The summed E-state index contributed by atoms with van der Waals surface area (Å²) in [7, 11) is -1.82. The summed E-state index contributed by atoms with van der Waals surface area (Å²) in [5.74, 6) is 1.11. The van der Waals surface area contributed by atoms with Crippen molar-refractivity contribution in [3.05, 3.63) is 17.5 Å². The van der Waals surface area contributed by atoms with E-state index >= 15 is 0 Å². The average Bonchev–Trinajstić information content (AvgIpc) is 2.74. The topological polar surface area (TPSA) is 66.7 Å². The Kier molecular flexibility index (Phi) is 4.27. The van der Waals surface area contributed by atoms with Crippen LogP contribution < -0.4 is 0 Å². The lowest BCUT2D eigenvalue weighted by Gasteiger charge is -2.32. The standard InChI is InChI=1S/C12H21N3O3S/c1-10-5-4-6-15(8-10)19(16,17)14(3)9-12-7-11(2)18-13-12/h7,10H,4-6,8-9H2,1-3H3/t10-/m0/s1. The molecule has 19 heavy (non-hydrogen) atoms. The number of hydrogen-bond acceptors (Lipinski definition) is 4. The van der Waals surface area contributed by atoms with Crippen LogP contribution in [0.4, 0.5) is 0 Å². The van der Waals surface area contributed by atoms with Crippen LogP contribution in [0.1, 0.15) is 31.2 Å². The van der Waals surface area contributed by atoms with Crippen molar-refractivity contribution in [1.82, 2.24) is 13.8 Å². The van der Waals surface area contributed by atoms with Gasteiger partial charge < -0.3 is 4.52 Å². The minimum absolute atomic E-state index is 0.241. The number of aromatic nitrogens is 1. The lowest BCUT2D eigenvalue weighted by atomic mass is 10.0. The Balaban J connectivity index is 2.06. The van der Waals surface area contributed by atoms with Gasteiger partial charge in [0, 0.05) is 26.2 Å². The number of nitrogens with zero attached hydrogens (tertiary/aromatic N) is 3. The van der Waals surface area contributed by atoms with Gasteiger partial charge in [0.25, 0.3) is 10.2 Å². The minimum Gasteiger partial charge on any atom is -0.361 e. The molecule has 1 atom stereocenters. The van der Waals surface area contributed by atoms with Crippen molar-refractivity contribution < 1.29 is 12.9 Å². The lowest BCUT2D eigenvalue weighted by molar-refractivity contribution is 0.262. The van der Waals surface area contributed by atoms with E-state index in [9.17, 15) is 8.42 Å². The Bertz CT molecular complexity index is 526. The van der Waals surface area contributed by atoms with Crippen molar-refractivity contribution in [3.8, 4) is 0 Å². The number of piperidine rings is 1. The van der Waals surface area contributed by atoms with Gasteiger partial charge in [-0.15, -0.1) is 0 Å². The largest absolute Gasteiger partial charge is 0.361 e. The monoisotopic (exact) mass is 287 g/mol. The number of aryl methyl sites for hydroxylation is 1. The van der Waals surface area contributed by atoms with Crippen LogP contribution in [0.2, 0.25) is 0 Å². The van der Waals surface area contributed by atoms with Crippen molar-refractivity contribution in [3.63, 3.8) is 0 Å². The molecule has 1 aliphatic heterocycles. The van der Waals surface area contributed by atoms with Crippen LogP contribution in [0, 0.1) is 12.8 Å². The quantitative estimate of drug-likeness (QED) is 0.839. The van der Waals surface area contributed by atoms with Crippen molar-refractivity contribution >= 4 is 10.2 Å². The highest BCUT2D eigenvalue weighted by Gasteiger charge is 2.30. The molecule has 0 aliphatic carbocycles. The van der Waals surface area contributed by atoms with E-state index in [1.54, 1.807) is 24.3 Å². The zero-order chi connectivity index (χ0) is 14.0. The maximum absolute atomic E-state index is 12.4. The van der Waals surface area contributed by atoms with E-state index in [1.807, 2.05) is 0 Å². The average molecular weight is 287 g/mol. The summed E-state index contributed by atoms with van der Waals surface area (Å²) in [6.07, 6.45) is 2.02. The normalized spacial score (nSPS) is 22.0. The molecule has 6 nitrogen and oxygen atoms in total. The maximum Gasteiger partial charge on any atom is 0.282 e. The van der Waals surface area contributed by atoms with Crippen LogP contribution in [0.5, 0.6) is 0 Å². The molecule has 0 N–H and O–H groups in total. The van der Waals surface area contributed by atoms with E-state index in [2.05, 4.69) is 12.1 Å². The Labute approximate surface area is 114 Å². The first kappa shape index (κ1) is 14.5. The van der Waals surface area contributed by atoms with E-state index in [4.69, 9.17) is 4.52 Å². The van der Waals surface area contributed by atoms with E-state index in [-0.39, 0.29) is 6.54 Å². The summed E-state index contributed by atoms with van der Waals surface area (Å²) in [5, 5.41) is 3.83. The van der Waals surface area contributed by atoms with Gasteiger partial charge >= 0.3 is 0 Å². The van der Waals surface area contributed by atoms with Gasteiger partial charge in [-0.1, -0.05) is 12.1 Å². The third kappa shape index (κ3) is 3.34. The first-order valence-corrected chi connectivity index (χ1v) is 7.93. The Morgan fingerprint density at radius 2 is 2.32 bits per heavy atom. The van der Waals surface area contributed by atoms with Crippen LogP contribution in [0.25, 0.3) is 0 Å². The highest BCUT2D eigenvalue weighted by Crippen LogP contribution is 2.20. The molecule has 0 saturated carbocycles. The van der Waals surface area contributed by atoms with Crippen LogP contribution in [0.3, 0.4) is 0 Å². The predicted molar refractivity (Wildman–Crippen MR) is 71.6 cm³/mol. The van der Waals surface area contributed by atoms with Gasteiger partial charge in [-0.3, -0.25) is 0 Å². The SMILES string of the molecule is Cc1cc(CN(C)S(=O)(=O)N2CCC[C@H](C)C2)no1. The van der Waals surface area contributed by atoms with Gasteiger partial charge in [0.2, 0.25) is 0 Å². The fourth-order valence-electron chi connectivity index (χ4n) is 2.36. The Hall–Kier alpha value is -0.920. The maximum atomic E-state index is 12.4. The summed E-state index contributed by atoms with van der Waals surface area (Å²) in [6.45, 7) is 5.32. The summed E-state index contributed by atoms with van der Waals surface area (Å²) in [4.78, 5) is 0. The molecule has 1 aromatic heterocycles. The third-order valence-corrected chi connectivity index (χ3v) is 5.30. The van der Waals surface area contributed by atoms with Crippen LogP contribution >= 0.6 is 0 Å². The zero-order valence-electron chi connectivity index (χ0n) is 11.7. The third-order valence-electron chi connectivity index (χ3n) is 3.40. The predicted octanol–water partition coefficient (Wildman–Crippen LogP) is 1.39. The summed E-state index contributed by atoms with van der Waals surface area (Å²) >= 11 is 0. The second-order valence-corrected chi connectivity index (χ2v) is 7.33. The second-order valence-electron chi connectivity index (χ2n) is 5.30. The van der Waals surface area contributed by atoms with Gasteiger partial charge in [0.1, 0.15) is 5.76 Å². The molecule has 0 unspecified atom stereocenters. The minimum atomic E-state index is -3.40. The van der Waals surface area contributed by atoms with Crippen molar-refractivity contribution in [1.29, 1.82) is 0 Å². The molecule has 1 aliphatic rings. The molecule has 0 bridgehead atoms. The molecule has 1 aromatic rings. The molecule has 1 fully saturated rings. The Morgan fingerprint density at radius 3 is 2.89 bits per heavy atom. The van der Waals surface area contributed by atoms with Gasteiger partial charge in [0.05, 0.1) is 12.2 Å². The molecule has 0 radical (unpaired) electrons. The number of hydrogen-bond donors (Lipinski definition) is 0. The highest BCUT2D eigenvalue weighted by molar-refractivity contribution is 7.86.